The van der Waals surface area contributed by atoms with Gasteiger partial charge in [0.2, 0.25) is 5.91 Å². The van der Waals surface area contributed by atoms with E-state index in [9.17, 15) is 4.79 Å². The van der Waals surface area contributed by atoms with E-state index < -0.39 is 8.32 Å². The fraction of sp³-hybridized carbons (Fsp3) is 0.900. The monoisotopic (exact) mass is 215 g/mol. The van der Waals surface area contributed by atoms with Crippen LogP contribution in [0.3, 0.4) is 0 Å². The standard InChI is InChI=1S/C10H21NO2Si/c1-10(2,3)14(4,5)13-8-6-7-11-9(8)12/h8H,6-7H2,1-5H3,(H,11,12)/t8-/m0/s1. The van der Waals surface area contributed by atoms with Crippen molar-refractivity contribution in [2.45, 2.75) is 51.4 Å². The number of amides is 1. The van der Waals surface area contributed by atoms with Crippen LogP contribution in [0.4, 0.5) is 0 Å². The van der Waals surface area contributed by atoms with E-state index in [1.165, 1.54) is 0 Å². The average Bonchev–Trinajstić information content (AvgIpc) is 2.33. The third-order valence-electron chi connectivity index (χ3n) is 3.24. The number of hydrogen-bond acceptors (Lipinski definition) is 2. The van der Waals surface area contributed by atoms with Crippen LogP contribution in [-0.4, -0.2) is 26.9 Å². The maximum absolute atomic E-state index is 11.4. The summed E-state index contributed by atoms with van der Waals surface area (Å²) in [7, 11) is -1.77. The van der Waals surface area contributed by atoms with Gasteiger partial charge in [-0.3, -0.25) is 4.79 Å². The Hall–Kier alpha value is -0.353. The Morgan fingerprint density at radius 3 is 2.36 bits per heavy atom. The summed E-state index contributed by atoms with van der Waals surface area (Å²) in [6.45, 7) is 11.7. The molecule has 0 saturated carbocycles. The van der Waals surface area contributed by atoms with Gasteiger partial charge in [0, 0.05) is 6.54 Å². The zero-order valence-electron chi connectivity index (χ0n) is 9.81. The summed E-state index contributed by atoms with van der Waals surface area (Å²) in [6, 6.07) is 0. The van der Waals surface area contributed by atoms with E-state index in [2.05, 4.69) is 39.2 Å². The molecule has 0 bridgehead atoms. The Morgan fingerprint density at radius 2 is 2.00 bits per heavy atom. The molecule has 0 unspecified atom stereocenters. The highest BCUT2D eigenvalue weighted by Gasteiger charge is 2.41. The van der Waals surface area contributed by atoms with Crippen LogP contribution in [0.15, 0.2) is 0 Å². The summed E-state index contributed by atoms with van der Waals surface area (Å²) in [6.07, 6.45) is 0.626. The predicted molar refractivity (Wildman–Crippen MR) is 59.7 cm³/mol. The summed E-state index contributed by atoms with van der Waals surface area (Å²) < 4.78 is 6.00. The fourth-order valence-electron chi connectivity index (χ4n) is 1.22. The Labute approximate surface area is 87.3 Å². The minimum Gasteiger partial charge on any atom is -0.405 e. The summed E-state index contributed by atoms with van der Waals surface area (Å²) >= 11 is 0. The lowest BCUT2D eigenvalue weighted by atomic mass is 10.2. The second kappa shape index (κ2) is 3.66. The smallest absolute Gasteiger partial charge is 0.247 e. The van der Waals surface area contributed by atoms with Crippen LogP contribution in [0.25, 0.3) is 0 Å². The van der Waals surface area contributed by atoms with Gasteiger partial charge >= 0.3 is 0 Å². The molecule has 1 atom stereocenters. The molecule has 0 radical (unpaired) electrons. The zero-order chi connectivity index (χ0) is 11.0. The molecule has 0 aromatic rings. The van der Waals surface area contributed by atoms with Gasteiger partial charge in [-0.1, -0.05) is 20.8 Å². The topological polar surface area (TPSA) is 38.3 Å². The molecule has 1 rings (SSSR count). The van der Waals surface area contributed by atoms with Crippen molar-refractivity contribution in [3.63, 3.8) is 0 Å². The van der Waals surface area contributed by atoms with Crippen LogP contribution in [0.5, 0.6) is 0 Å². The highest BCUT2D eigenvalue weighted by molar-refractivity contribution is 6.74. The Bertz CT molecular complexity index is 233. The van der Waals surface area contributed by atoms with Crippen molar-refractivity contribution in [1.29, 1.82) is 0 Å². The third-order valence-corrected chi connectivity index (χ3v) is 7.73. The predicted octanol–water partition coefficient (Wildman–Crippen LogP) is 1.90. The summed E-state index contributed by atoms with van der Waals surface area (Å²) in [5.41, 5.74) is 0. The van der Waals surface area contributed by atoms with E-state index in [4.69, 9.17) is 4.43 Å². The molecule has 1 aliphatic rings. The first-order chi connectivity index (χ1) is 6.24. The highest BCUT2D eigenvalue weighted by Crippen LogP contribution is 2.37. The summed E-state index contributed by atoms with van der Waals surface area (Å²) in [4.78, 5) is 11.4. The van der Waals surface area contributed by atoms with Crippen molar-refractivity contribution in [3.8, 4) is 0 Å². The fourth-order valence-corrected chi connectivity index (χ4v) is 2.51. The maximum atomic E-state index is 11.4. The second-order valence-electron chi connectivity index (χ2n) is 5.45. The van der Waals surface area contributed by atoms with E-state index in [1.807, 2.05) is 0 Å². The van der Waals surface area contributed by atoms with Gasteiger partial charge in [-0.15, -0.1) is 0 Å². The Kier molecular flexibility index (Phi) is 3.06. The van der Waals surface area contributed by atoms with E-state index in [0.29, 0.717) is 0 Å². The molecule has 1 saturated heterocycles. The molecular weight excluding hydrogens is 194 g/mol. The second-order valence-corrected chi connectivity index (χ2v) is 10.2. The van der Waals surface area contributed by atoms with Crippen molar-refractivity contribution < 1.29 is 9.22 Å². The lowest BCUT2D eigenvalue weighted by molar-refractivity contribution is -0.125. The number of rotatable bonds is 2. The van der Waals surface area contributed by atoms with Crippen molar-refractivity contribution in [1.82, 2.24) is 5.32 Å². The molecule has 1 amide bonds. The molecule has 1 aliphatic heterocycles. The molecular formula is C10H21NO2Si. The minimum absolute atomic E-state index is 0.0647. The Morgan fingerprint density at radius 1 is 1.43 bits per heavy atom. The first kappa shape index (κ1) is 11.7. The van der Waals surface area contributed by atoms with E-state index in [-0.39, 0.29) is 17.0 Å². The SMILES string of the molecule is CC(C)(C)[Si](C)(C)O[C@H]1CCNC1=O. The van der Waals surface area contributed by atoms with Crippen LogP contribution in [-0.2, 0) is 9.22 Å². The molecule has 0 aromatic carbocycles. The molecule has 0 spiro atoms. The van der Waals surface area contributed by atoms with Crippen molar-refractivity contribution in [3.05, 3.63) is 0 Å². The first-order valence-electron chi connectivity index (χ1n) is 5.19. The van der Waals surface area contributed by atoms with Crippen LogP contribution >= 0.6 is 0 Å². The van der Waals surface area contributed by atoms with Crippen LogP contribution in [0.2, 0.25) is 18.1 Å². The van der Waals surface area contributed by atoms with Gasteiger partial charge < -0.3 is 9.74 Å². The van der Waals surface area contributed by atoms with Crippen LogP contribution in [0.1, 0.15) is 27.2 Å². The van der Waals surface area contributed by atoms with Gasteiger partial charge in [-0.25, -0.2) is 0 Å². The molecule has 82 valence electrons. The van der Waals surface area contributed by atoms with E-state index in [0.717, 1.165) is 13.0 Å². The molecule has 1 fully saturated rings. The van der Waals surface area contributed by atoms with Gasteiger partial charge in [-0.05, 0) is 24.6 Å². The van der Waals surface area contributed by atoms with Crippen molar-refractivity contribution >= 4 is 14.2 Å². The van der Waals surface area contributed by atoms with Gasteiger partial charge in [0.05, 0.1) is 0 Å². The minimum atomic E-state index is -1.77. The highest BCUT2D eigenvalue weighted by atomic mass is 28.4. The number of carbonyl (C=O) groups is 1. The van der Waals surface area contributed by atoms with Crippen LogP contribution < -0.4 is 5.32 Å². The molecule has 4 heteroatoms. The van der Waals surface area contributed by atoms with Crippen LogP contribution in [0, 0.1) is 0 Å². The van der Waals surface area contributed by atoms with Gasteiger partial charge in [0.1, 0.15) is 6.10 Å². The summed E-state index contributed by atoms with van der Waals surface area (Å²) in [5, 5.41) is 2.98. The third kappa shape index (κ3) is 2.36. The average molecular weight is 215 g/mol. The first-order valence-corrected chi connectivity index (χ1v) is 8.10. The quantitative estimate of drug-likeness (QED) is 0.714. The van der Waals surface area contributed by atoms with Gasteiger partial charge in [0.25, 0.3) is 0 Å². The lowest BCUT2D eigenvalue weighted by Gasteiger charge is -2.37. The molecule has 14 heavy (non-hydrogen) atoms. The van der Waals surface area contributed by atoms with Gasteiger partial charge in [0.15, 0.2) is 8.32 Å². The van der Waals surface area contributed by atoms with E-state index >= 15 is 0 Å². The molecule has 0 aromatic heterocycles. The lowest BCUT2D eigenvalue weighted by Crippen LogP contribution is -2.45. The van der Waals surface area contributed by atoms with Gasteiger partial charge in [-0.2, -0.15) is 0 Å². The zero-order valence-corrected chi connectivity index (χ0v) is 10.8. The molecule has 1 N–H and O–H groups in total. The molecule has 0 aliphatic carbocycles. The number of carbonyl (C=O) groups excluding carboxylic acids is 1. The van der Waals surface area contributed by atoms with Crippen molar-refractivity contribution in [2.24, 2.45) is 0 Å². The Balaban J connectivity index is 2.63. The molecule has 1 heterocycles. The molecule has 3 nitrogen and oxygen atoms in total. The largest absolute Gasteiger partial charge is 0.405 e. The normalized spacial score (nSPS) is 23.8. The maximum Gasteiger partial charge on any atom is 0.247 e. The number of hydrogen-bond donors (Lipinski definition) is 1. The van der Waals surface area contributed by atoms with Crippen molar-refractivity contribution in [2.75, 3.05) is 6.54 Å². The summed E-state index contributed by atoms with van der Waals surface area (Å²) in [5.74, 6) is 0.0647. The number of nitrogens with one attached hydrogen (secondary N) is 1. The van der Waals surface area contributed by atoms with E-state index in [1.54, 1.807) is 0 Å².